The summed E-state index contributed by atoms with van der Waals surface area (Å²) in [6.07, 6.45) is 0.0196. The van der Waals surface area contributed by atoms with Crippen LogP contribution in [-0.4, -0.2) is 26.9 Å². The lowest BCUT2D eigenvalue weighted by atomic mass is 10.2. The molecule has 0 aliphatic heterocycles. The molecule has 0 aliphatic rings. The van der Waals surface area contributed by atoms with E-state index in [1.165, 1.54) is 24.3 Å². The number of ether oxygens (including phenoxy) is 1. The fourth-order valence-corrected chi connectivity index (χ4v) is 2.35. The second-order valence-electron chi connectivity index (χ2n) is 3.87. The van der Waals surface area contributed by atoms with E-state index >= 15 is 0 Å². The van der Waals surface area contributed by atoms with Crippen molar-refractivity contribution in [1.29, 1.82) is 5.26 Å². The van der Waals surface area contributed by atoms with Crippen molar-refractivity contribution in [1.82, 2.24) is 0 Å². The first-order chi connectivity index (χ1) is 7.95. The fourth-order valence-electron chi connectivity index (χ4n) is 1.25. The van der Waals surface area contributed by atoms with Gasteiger partial charge in [0.2, 0.25) is 0 Å². The third kappa shape index (κ3) is 4.17. The van der Waals surface area contributed by atoms with Gasteiger partial charge >= 0.3 is 0 Å². The quantitative estimate of drug-likeness (QED) is 0.802. The predicted octanol–water partition coefficient (Wildman–Crippen LogP) is 1.76. The van der Waals surface area contributed by atoms with E-state index in [1.807, 2.05) is 19.9 Å². The zero-order valence-corrected chi connectivity index (χ0v) is 10.7. The molecule has 0 atom stereocenters. The predicted molar refractivity (Wildman–Crippen MR) is 64.3 cm³/mol. The average Bonchev–Trinajstić information content (AvgIpc) is 2.28. The van der Waals surface area contributed by atoms with E-state index in [2.05, 4.69) is 0 Å². The van der Waals surface area contributed by atoms with Crippen LogP contribution in [0.5, 0.6) is 0 Å². The Morgan fingerprint density at radius 2 is 1.88 bits per heavy atom. The summed E-state index contributed by atoms with van der Waals surface area (Å²) in [7, 11) is -3.32. The standard InChI is InChI=1S/C12H15NO3S/c1-10(2)16-7-8-17(14,15)12-5-3-11(9-13)4-6-12/h3-6,10H,7-8H2,1-2H3. The average molecular weight is 253 g/mol. The molecule has 0 saturated heterocycles. The van der Waals surface area contributed by atoms with Gasteiger partial charge in [-0.15, -0.1) is 0 Å². The van der Waals surface area contributed by atoms with E-state index in [4.69, 9.17) is 10.00 Å². The topological polar surface area (TPSA) is 67.2 Å². The molecule has 0 bridgehead atoms. The molecule has 4 nitrogen and oxygen atoms in total. The molecule has 0 spiro atoms. The highest BCUT2D eigenvalue weighted by Gasteiger charge is 2.14. The summed E-state index contributed by atoms with van der Waals surface area (Å²) in [6.45, 7) is 3.89. The Balaban J connectivity index is 2.73. The summed E-state index contributed by atoms with van der Waals surface area (Å²) in [4.78, 5) is 0.226. The van der Waals surface area contributed by atoms with Gasteiger partial charge in [0.05, 0.1) is 35.0 Å². The summed E-state index contributed by atoms with van der Waals surface area (Å²) in [5.41, 5.74) is 0.447. The van der Waals surface area contributed by atoms with Gasteiger partial charge in [0.1, 0.15) is 0 Å². The number of rotatable bonds is 5. The van der Waals surface area contributed by atoms with Crippen LogP contribution in [0.1, 0.15) is 19.4 Å². The minimum Gasteiger partial charge on any atom is -0.378 e. The van der Waals surface area contributed by atoms with Crippen LogP contribution in [0, 0.1) is 11.3 Å². The van der Waals surface area contributed by atoms with Gasteiger partial charge < -0.3 is 4.74 Å². The van der Waals surface area contributed by atoms with Crippen LogP contribution in [0.4, 0.5) is 0 Å². The number of nitriles is 1. The minimum atomic E-state index is -3.32. The van der Waals surface area contributed by atoms with Crippen LogP contribution < -0.4 is 0 Å². The van der Waals surface area contributed by atoms with Crippen molar-refractivity contribution in [3.63, 3.8) is 0 Å². The zero-order valence-electron chi connectivity index (χ0n) is 9.88. The molecular weight excluding hydrogens is 238 g/mol. The molecule has 0 heterocycles. The lowest BCUT2D eigenvalue weighted by Gasteiger charge is -2.08. The van der Waals surface area contributed by atoms with Gasteiger partial charge in [0.15, 0.2) is 9.84 Å². The third-order valence-corrected chi connectivity index (χ3v) is 3.84. The van der Waals surface area contributed by atoms with Crippen LogP contribution in [-0.2, 0) is 14.6 Å². The molecule has 0 unspecified atom stereocenters. The molecule has 92 valence electrons. The van der Waals surface area contributed by atoms with Crippen molar-refractivity contribution in [3.05, 3.63) is 29.8 Å². The molecule has 0 amide bonds. The van der Waals surface area contributed by atoms with Crippen molar-refractivity contribution in [2.24, 2.45) is 0 Å². The Morgan fingerprint density at radius 1 is 1.29 bits per heavy atom. The van der Waals surface area contributed by atoms with Gasteiger partial charge in [-0.05, 0) is 38.1 Å². The lowest BCUT2D eigenvalue weighted by molar-refractivity contribution is 0.0912. The molecular formula is C12H15NO3S. The molecule has 0 saturated carbocycles. The van der Waals surface area contributed by atoms with Crippen molar-refractivity contribution in [3.8, 4) is 6.07 Å². The zero-order chi connectivity index (χ0) is 12.9. The molecule has 1 aromatic carbocycles. The Morgan fingerprint density at radius 3 is 2.35 bits per heavy atom. The van der Waals surface area contributed by atoms with Crippen molar-refractivity contribution < 1.29 is 13.2 Å². The van der Waals surface area contributed by atoms with Gasteiger partial charge in [-0.25, -0.2) is 8.42 Å². The van der Waals surface area contributed by atoms with Gasteiger partial charge in [-0.2, -0.15) is 5.26 Å². The maximum absolute atomic E-state index is 11.9. The third-order valence-electron chi connectivity index (χ3n) is 2.15. The summed E-state index contributed by atoms with van der Waals surface area (Å²) in [6, 6.07) is 7.83. The van der Waals surface area contributed by atoms with Crippen LogP contribution in [0.3, 0.4) is 0 Å². The van der Waals surface area contributed by atoms with E-state index in [-0.39, 0.29) is 23.4 Å². The van der Waals surface area contributed by atoms with Crippen LogP contribution in [0.25, 0.3) is 0 Å². The van der Waals surface area contributed by atoms with Gasteiger partial charge in [-0.1, -0.05) is 0 Å². The lowest BCUT2D eigenvalue weighted by Crippen LogP contribution is -2.15. The maximum Gasteiger partial charge on any atom is 0.180 e. The molecule has 0 aliphatic carbocycles. The van der Waals surface area contributed by atoms with Crippen LogP contribution >= 0.6 is 0 Å². The normalized spacial score (nSPS) is 11.4. The maximum atomic E-state index is 11.9. The number of nitrogens with zero attached hydrogens (tertiary/aromatic N) is 1. The van der Waals surface area contributed by atoms with E-state index in [0.717, 1.165) is 0 Å². The van der Waals surface area contributed by atoms with E-state index in [9.17, 15) is 8.42 Å². The summed E-state index contributed by atoms with van der Waals surface area (Å²) >= 11 is 0. The van der Waals surface area contributed by atoms with Crippen LogP contribution in [0.15, 0.2) is 29.2 Å². The first kappa shape index (κ1) is 13.7. The minimum absolute atomic E-state index is 0.0196. The highest BCUT2D eigenvalue weighted by Crippen LogP contribution is 2.12. The number of benzene rings is 1. The second kappa shape index (κ2) is 5.80. The summed E-state index contributed by atoms with van der Waals surface area (Å²) in [5.74, 6) is -0.0446. The monoisotopic (exact) mass is 253 g/mol. The first-order valence-corrected chi connectivity index (χ1v) is 6.95. The summed E-state index contributed by atoms with van der Waals surface area (Å²) < 4.78 is 28.9. The molecule has 17 heavy (non-hydrogen) atoms. The first-order valence-electron chi connectivity index (χ1n) is 5.30. The van der Waals surface area contributed by atoms with Crippen LogP contribution in [0.2, 0.25) is 0 Å². The van der Waals surface area contributed by atoms with Crippen molar-refractivity contribution in [2.75, 3.05) is 12.4 Å². The Kier molecular flexibility index (Phi) is 4.67. The Bertz CT molecular complexity index is 498. The van der Waals surface area contributed by atoms with E-state index < -0.39 is 9.84 Å². The largest absolute Gasteiger partial charge is 0.378 e. The summed E-state index contributed by atoms with van der Waals surface area (Å²) in [5, 5.41) is 8.61. The number of hydrogen-bond acceptors (Lipinski definition) is 4. The highest BCUT2D eigenvalue weighted by molar-refractivity contribution is 7.91. The molecule has 0 fully saturated rings. The van der Waals surface area contributed by atoms with Crippen molar-refractivity contribution in [2.45, 2.75) is 24.8 Å². The second-order valence-corrected chi connectivity index (χ2v) is 5.98. The van der Waals surface area contributed by atoms with E-state index in [0.29, 0.717) is 5.56 Å². The number of sulfone groups is 1. The smallest absolute Gasteiger partial charge is 0.180 e. The molecule has 0 radical (unpaired) electrons. The fraction of sp³-hybridized carbons (Fsp3) is 0.417. The van der Waals surface area contributed by atoms with Gasteiger partial charge in [-0.3, -0.25) is 0 Å². The Labute approximate surface area is 102 Å². The molecule has 0 aromatic heterocycles. The van der Waals surface area contributed by atoms with Gasteiger partial charge in [0, 0.05) is 0 Å². The van der Waals surface area contributed by atoms with Crippen molar-refractivity contribution >= 4 is 9.84 Å². The van der Waals surface area contributed by atoms with E-state index in [1.54, 1.807) is 0 Å². The number of hydrogen-bond donors (Lipinski definition) is 0. The molecule has 1 aromatic rings. The highest BCUT2D eigenvalue weighted by atomic mass is 32.2. The molecule has 5 heteroatoms. The Hall–Kier alpha value is -1.38. The molecule has 0 N–H and O–H groups in total. The van der Waals surface area contributed by atoms with Gasteiger partial charge in [0.25, 0.3) is 0 Å². The molecule has 1 rings (SSSR count). The SMILES string of the molecule is CC(C)OCCS(=O)(=O)c1ccc(C#N)cc1.